The number of carbonyl (C=O) groups excluding carboxylic acids is 2. The van der Waals surface area contributed by atoms with Gasteiger partial charge in [0.1, 0.15) is 6.04 Å². The van der Waals surface area contributed by atoms with Gasteiger partial charge in [-0.25, -0.2) is 0 Å². The first kappa shape index (κ1) is 22.5. The Morgan fingerprint density at radius 3 is 2.44 bits per heavy atom. The number of hydrogen-bond acceptors (Lipinski definition) is 4. The molecule has 0 bridgehead atoms. The van der Waals surface area contributed by atoms with Crippen LogP contribution in [0.5, 0.6) is 0 Å². The van der Waals surface area contributed by atoms with E-state index in [1.54, 1.807) is 11.3 Å². The number of hydrogen-bond donors (Lipinski definition) is 1. The second-order valence-electron chi connectivity index (χ2n) is 8.79. The summed E-state index contributed by atoms with van der Waals surface area (Å²) in [6.45, 7) is 8.05. The van der Waals surface area contributed by atoms with Gasteiger partial charge in [0.05, 0.1) is 6.42 Å². The smallest absolute Gasteiger partial charge is 0.245 e. The van der Waals surface area contributed by atoms with Gasteiger partial charge in [-0.15, -0.1) is 11.3 Å². The Hall–Kier alpha value is -2.70. The third-order valence-electron chi connectivity index (χ3n) is 6.12. The van der Waals surface area contributed by atoms with Crippen LogP contribution in [0.25, 0.3) is 10.8 Å². The Labute approximate surface area is 194 Å². The Morgan fingerprint density at radius 2 is 1.72 bits per heavy atom. The summed E-state index contributed by atoms with van der Waals surface area (Å²) < 4.78 is 0. The average molecular weight is 450 g/mol. The maximum atomic E-state index is 13.3. The Kier molecular flexibility index (Phi) is 7.22. The molecule has 4 rings (SSSR count). The summed E-state index contributed by atoms with van der Waals surface area (Å²) in [5.41, 5.74) is 0.984. The maximum absolute atomic E-state index is 13.3. The van der Waals surface area contributed by atoms with Gasteiger partial charge >= 0.3 is 0 Å². The lowest BCUT2D eigenvalue weighted by molar-refractivity contribution is -0.139. The summed E-state index contributed by atoms with van der Waals surface area (Å²) in [5, 5.41) is 7.34. The van der Waals surface area contributed by atoms with Crippen LogP contribution in [0.4, 0.5) is 0 Å². The van der Waals surface area contributed by atoms with Crippen LogP contribution in [0.1, 0.15) is 24.3 Å². The molecule has 3 aromatic rings. The van der Waals surface area contributed by atoms with Crippen LogP contribution in [0.2, 0.25) is 0 Å². The molecule has 1 N–H and O–H groups in total. The van der Waals surface area contributed by atoms with E-state index in [4.69, 9.17) is 0 Å². The molecule has 1 atom stereocenters. The molecule has 2 aromatic carbocycles. The van der Waals surface area contributed by atoms with Gasteiger partial charge in [0.2, 0.25) is 11.8 Å². The summed E-state index contributed by atoms with van der Waals surface area (Å²) in [6, 6.07) is 17.8. The van der Waals surface area contributed by atoms with E-state index >= 15 is 0 Å². The van der Waals surface area contributed by atoms with Crippen LogP contribution in [0.15, 0.2) is 60.0 Å². The summed E-state index contributed by atoms with van der Waals surface area (Å²) in [7, 11) is 0. The average Bonchev–Trinajstić information content (AvgIpc) is 3.31. The zero-order valence-corrected chi connectivity index (χ0v) is 19.6. The Bertz CT molecular complexity index is 1050. The predicted molar refractivity (Wildman–Crippen MR) is 131 cm³/mol. The monoisotopic (exact) mass is 449 g/mol. The van der Waals surface area contributed by atoms with E-state index in [1.807, 2.05) is 49.1 Å². The van der Waals surface area contributed by atoms with Gasteiger partial charge in [-0.2, -0.15) is 0 Å². The van der Waals surface area contributed by atoms with Crippen molar-refractivity contribution in [3.8, 4) is 0 Å². The molecular formula is C26H31N3O2S. The molecule has 0 aliphatic carbocycles. The second-order valence-corrected chi connectivity index (χ2v) is 9.82. The number of fused-ring (bicyclic) bond motifs is 1. The molecule has 1 aliphatic heterocycles. The highest BCUT2D eigenvalue weighted by Crippen LogP contribution is 2.19. The lowest BCUT2D eigenvalue weighted by Gasteiger charge is -2.37. The number of rotatable bonds is 7. The molecule has 32 heavy (non-hydrogen) atoms. The first-order valence-corrected chi connectivity index (χ1v) is 12.2. The molecule has 6 heteroatoms. The van der Waals surface area contributed by atoms with Crippen LogP contribution >= 0.6 is 11.3 Å². The van der Waals surface area contributed by atoms with Crippen LogP contribution in [0.3, 0.4) is 0 Å². The van der Waals surface area contributed by atoms with Crippen molar-refractivity contribution in [2.45, 2.75) is 32.9 Å². The van der Waals surface area contributed by atoms with Crippen LogP contribution in [-0.2, 0) is 22.6 Å². The molecule has 1 fully saturated rings. The van der Waals surface area contributed by atoms with E-state index in [-0.39, 0.29) is 24.2 Å². The zero-order valence-electron chi connectivity index (χ0n) is 18.8. The fourth-order valence-corrected chi connectivity index (χ4v) is 5.05. The molecule has 1 aliphatic rings. The minimum atomic E-state index is -0.499. The number of nitrogens with zero attached hydrogens (tertiary/aromatic N) is 2. The quantitative estimate of drug-likeness (QED) is 0.595. The number of carbonyl (C=O) groups is 2. The fraction of sp³-hybridized carbons (Fsp3) is 0.385. The number of amides is 2. The van der Waals surface area contributed by atoms with Gasteiger partial charge in [-0.3, -0.25) is 14.5 Å². The molecule has 5 nitrogen and oxygen atoms in total. The molecule has 0 unspecified atom stereocenters. The molecule has 2 heterocycles. The molecule has 0 radical (unpaired) electrons. The minimum absolute atomic E-state index is 0.0297. The molecule has 2 amide bonds. The lowest BCUT2D eigenvalue weighted by Crippen LogP contribution is -2.56. The van der Waals surface area contributed by atoms with Gasteiger partial charge < -0.3 is 10.2 Å². The van der Waals surface area contributed by atoms with Gasteiger partial charge in [-0.05, 0) is 33.7 Å². The summed E-state index contributed by atoms with van der Waals surface area (Å²) in [6.07, 6.45) is 0.270. The highest BCUT2D eigenvalue weighted by molar-refractivity contribution is 7.09. The second kappa shape index (κ2) is 10.3. The van der Waals surface area contributed by atoms with Crippen molar-refractivity contribution < 1.29 is 9.59 Å². The van der Waals surface area contributed by atoms with Crippen molar-refractivity contribution >= 4 is 33.9 Å². The number of thiophene rings is 1. The largest absolute Gasteiger partial charge is 0.344 e. The third-order valence-corrected chi connectivity index (χ3v) is 6.98. The van der Waals surface area contributed by atoms with Crippen molar-refractivity contribution in [3.05, 3.63) is 70.4 Å². The van der Waals surface area contributed by atoms with Gasteiger partial charge in [0.15, 0.2) is 0 Å². The van der Waals surface area contributed by atoms with E-state index in [9.17, 15) is 9.59 Å². The van der Waals surface area contributed by atoms with Crippen LogP contribution in [0, 0.1) is 5.92 Å². The Morgan fingerprint density at radius 1 is 0.969 bits per heavy atom. The number of nitrogens with one attached hydrogen (secondary N) is 1. The molecule has 1 saturated heterocycles. The highest BCUT2D eigenvalue weighted by atomic mass is 32.1. The predicted octanol–water partition coefficient (Wildman–Crippen LogP) is 3.93. The zero-order chi connectivity index (χ0) is 22.5. The van der Waals surface area contributed by atoms with E-state index < -0.39 is 6.04 Å². The fourth-order valence-electron chi connectivity index (χ4n) is 4.30. The first-order valence-electron chi connectivity index (χ1n) is 11.3. The first-order chi connectivity index (χ1) is 15.5. The standard InChI is InChI=1S/C26H31N3O2S/c1-19(2)25(26(31)29-14-12-28(13-15-29)18-22-10-6-16-32-22)27-24(30)17-21-9-5-8-20-7-3-4-11-23(20)21/h3-11,16,19,25H,12-15,17-18H2,1-2H3,(H,27,30)/t25-/m1/s1. The van der Waals surface area contributed by atoms with Crippen molar-refractivity contribution in [3.63, 3.8) is 0 Å². The van der Waals surface area contributed by atoms with Gasteiger partial charge in [0.25, 0.3) is 0 Å². The number of benzene rings is 2. The third kappa shape index (κ3) is 5.37. The molecule has 0 saturated carbocycles. The molecular weight excluding hydrogens is 418 g/mol. The number of piperazine rings is 1. The van der Waals surface area contributed by atoms with Crippen molar-refractivity contribution in [2.75, 3.05) is 26.2 Å². The van der Waals surface area contributed by atoms with Crippen LogP contribution < -0.4 is 5.32 Å². The van der Waals surface area contributed by atoms with Crippen LogP contribution in [-0.4, -0.2) is 53.8 Å². The van der Waals surface area contributed by atoms with Gasteiger partial charge in [-0.1, -0.05) is 62.4 Å². The SMILES string of the molecule is CC(C)[C@@H](NC(=O)Cc1cccc2ccccc12)C(=O)N1CCN(Cc2cccs2)CC1. The summed E-state index contributed by atoms with van der Waals surface area (Å²) in [5.74, 6) is -0.0464. The Balaban J connectivity index is 1.35. The van der Waals surface area contributed by atoms with E-state index in [0.29, 0.717) is 13.1 Å². The topological polar surface area (TPSA) is 52.7 Å². The molecule has 1 aromatic heterocycles. The van der Waals surface area contributed by atoms with E-state index in [1.165, 1.54) is 4.88 Å². The van der Waals surface area contributed by atoms with Crippen molar-refractivity contribution in [2.24, 2.45) is 5.92 Å². The summed E-state index contributed by atoms with van der Waals surface area (Å²) in [4.78, 5) is 31.8. The lowest BCUT2D eigenvalue weighted by atomic mass is 9.99. The van der Waals surface area contributed by atoms with Crippen molar-refractivity contribution in [1.82, 2.24) is 15.1 Å². The molecule has 168 valence electrons. The maximum Gasteiger partial charge on any atom is 0.245 e. The minimum Gasteiger partial charge on any atom is -0.344 e. The van der Waals surface area contributed by atoms with E-state index in [2.05, 4.69) is 39.9 Å². The summed E-state index contributed by atoms with van der Waals surface area (Å²) >= 11 is 1.77. The van der Waals surface area contributed by atoms with E-state index in [0.717, 1.165) is 36.0 Å². The van der Waals surface area contributed by atoms with Crippen molar-refractivity contribution in [1.29, 1.82) is 0 Å². The van der Waals surface area contributed by atoms with Gasteiger partial charge in [0, 0.05) is 37.6 Å². The highest BCUT2D eigenvalue weighted by Gasteiger charge is 2.30. The molecule has 0 spiro atoms. The normalized spacial score (nSPS) is 15.8.